The summed E-state index contributed by atoms with van der Waals surface area (Å²) in [6, 6.07) is -12.0. The lowest BCUT2D eigenvalue weighted by Gasteiger charge is -2.29. The first-order valence-electron chi connectivity index (χ1n) is 33.2. The van der Waals surface area contributed by atoms with Crippen LogP contribution in [0.1, 0.15) is 129 Å². The number of aromatic amines is 1. The summed E-state index contributed by atoms with van der Waals surface area (Å²) < 4.78 is 0. The van der Waals surface area contributed by atoms with E-state index in [9.17, 15) is 87.5 Å². The topological polar surface area (TPSA) is 676 Å². The van der Waals surface area contributed by atoms with Gasteiger partial charge in [-0.1, -0.05) is 39.8 Å². The van der Waals surface area contributed by atoms with E-state index in [1.54, 1.807) is 34.0 Å². The molecule has 0 radical (unpaired) electrons. The second kappa shape index (κ2) is 46.2. The van der Waals surface area contributed by atoms with Crippen LogP contribution in [0.25, 0.3) is 0 Å². The molecule has 0 aliphatic carbocycles. The largest absolute Gasteiger partial charge is 0.508 e. The number of amides is 12. The van der Waals surface area contributed by atoms with E-state index in [0.717, 1.165) is 6.92 Å². The SMILES string of the molecule is CSCC[C@H](NC(=O)[C@H](CCCN=C(N)N)NC(=O)[C@@H](N)CCC(N)=O)C(=O)N[C@@H](Cc1cnc[nH]1)C(=O)N[C@@H](CC(C)C)C(=O)N[C@@H](CCCN=C(N)N)C(=O)N[C@@H](CCC(N)=O)C(=O)N[C@@H](Cc1ccc(O)cc1)C(=O)N[C@@H](CCC(=O)O)C(=O)N[C@H](C(=O)N[C@@H](CC(C)C)C(=O)O)[C@@H](C)O. The number of carbonyl (C=O) groups excluding carboxylic acids is 12. The molecule has 1 aromatic carbocycles. The molecule has 12 amide bonds. The number of aromatic hydroxyl groups is 1. The Kier molecular flexibility index (Phi) is 39.8. The van der Waals surface area contributed by atoms with Gasteiger partial charge in [0.05, 0.1) is 18.5 Å². The van der Waals surface area contributed by atoms with Crippen LogP contribution in [-0.4, -0.2) is 223 Å². The summed E-state index contributed by atoms with van der Waals surface area (Å²) in [6.07, 6.45) is -1.26. The minimum absolute atomic E-state index is 0.0116. The number of carboxylic acid groups (broad SMARTS) is 2. The van der Waals surface area contributed by atoms with Crippen molar-refractivity contribution in [2.75, 3.05) is 25.1 Å². The maximum absolute atomic E-state index is 14.7. The third-order valence-electron chi connectivity index (χ3n) is 15.4. The number of phenolic OH excluding ortho intramolecular Hbond substituents is 1. The molecule has 12 atom stereocenters. The Labute approximate surface area is 599 Å². The Morgan fingerprint density at radius 3 is 1.30 bits per heavy atom. The van der Waals surface area contributed by atoms with E-state index in [4.69, 9.17) is 40.1 Å². The number of nitrogens with two attached hydrogens (primary N) is 7. The highest BCUT2D eigenvalue weighted by molar-refractivity contribution is 7.98. The van der Waals surface area contributed by atoms with Gasteiger partial charge in [-0.25, -0.2) is 9.78 Å². The van der Waals surface area contributed by atoms with Gasteiger partial charge in [-0.2, -0.15) is 11.8 Å². The van der Waals surface area contributed by atoms with Crippen LogP contribution in [0, 0.1) is 11.8 Å². The fourth-order valence-electron chi connectivity index (χ4n) is 9.97. The van der Waals surface area contributed by atoms with Gasteiger partial charge in [-0.3, -0.25) is 72.3 Å². The van der Waals surface area contributed by atoms with Crippen molar-refractivity contribution >= 4 is 107 Å². The molecule has 0 aliphatic heterocycles. The molecule has 1 heterocycles. The molecular weight excluding hydrogens is 1370 g/mol. The lowest BCUT2D eigenvalue weighted by atomic mass is 10.0. The predicted molar refractivity (Wildman–Crippen MR) is 376 cm³/mol. The van der Waals surface area contributed by atoms with Crippen molar-refractivity contribution in [1.29, 1.82) is 0 Å². The highest BCUT2D eigenvalue weighted by Crippen LogP contribution is 2.16. The highest BCUT2D eigenvalue weighted by atomic mass is 32.2. The monoisotopic (exact) mass is 1470 g/mol. The number of primary amides is 2. The molecule has 0 bridgehead atoms. The van der Waals surface area contributed by atoms with Crippen molar-refractivity contribution in [2.24, 2.45) is 62.0 Å². The smallest absolute Gasteiger partial charge is 0.326 e. The third-order valence-corrected chi connectivity index (χ3v) is 16.0. The summed E-state index contributed by atoms with van der Waals surface area (Å²) in [5.74, 6) is -15.8. The number of nitrogens with one attached hydrogen (secondary N) is 11. The fraction of sp³-hybridized carbons (Fsp3) is 0.603. The van der Waals surface area contributed by atoms with Gasteiger partial charge in [-0.15, -0.1) is 0 Å². The normalized spacial score (nSPS) is 14.6. The summed E-state index contributed by atoms with van der Waals surface area (Å²) in [5.41, 5.74) is 39.5. The standard InChI is InChI=1S/C63H103N21O18S/c1-31(2)25-43(80-59(99)45(28-35-29-71-30-74-35)82-55(95)42(21-24-103-6)79-52(92)38(9-7-22-72-62(67)68)75-51(91)37(64)15-18-47(65)87)57(97)76-39(10-8-23-73-63(69)70)53(93)77-40(16-19-48(66)88)54(94)81-44(27-34-11-13-36(86)14-12-34)58(98)78-41(17-20-49(89)90)56(96)84-50(33(5)85)60(100)83-46(61(101)102)26-32(3)4/h11-14,29-33,37-46,50,85-86H,7-10,15-28,64H2,1-6H3,(H2,65,87)(H2,66,88)(H,71,74)(H,75,91)(H,76,97)(H,77,93)(H,78,98)(H,79,92)(H,80,99)(H,81,94)(H,82,95)(H,83,100)(H,84,96)(H,89,90)(H,101,102)(H4,67,68,72)(H4,69,70,73)/t33-,37+,38+,39+,40+,41+,42+,43+,44+,45+,46+,50+/m1/s1. The number of rotatable bonds is 50. The first-order chi connectivity index (χ1) is 48.4. The second-order valence-electron chi connectivity index (χ2n) is 25.3. The van der Waals surface area contributed by atoms with Gasteiger partial charge >= 0.3 is 11.9 Å². The van der Waals surface area contributed by atoms with Crippen LogP contribution in [0.5, 0.6) is 5.75 Å². The number of aliphatic carboxylic acids is 2. The van der Waals surface area contributed by atoms with Gasteiger partial charge in [0.15, 0.2) is 11.9 Å². The van der Waals surface area contributed by atoms with Crippen molar-refractivity contribution in [3.63, 3.8) is 0 Å². The number of phenols is 1. The van der Waals surface area contributed by atoms with Crippen LogP contribution < -0.4 is 93.3 Å². The first-order valence-corrected chi connectivity index (χ1v) is 34.6. The summed E-state index contributed by atoms with van der Waals surface area (Å²) in [7, 11) is 0. The molecule has 1 aromatic heterocycles. The molecule has 39 nitrogen and oxygen atoms in total. The summed E-state index contributed by atoms with van der Waals surface area (Å²) in [5, 5.41) is 65.1. The molecule has 2 rings (SSSR count). The number of benzene rings is 1. The lowest BCUT2D eigenvalue weighted by molar-refractivity contribution is -0.143. The van der Waals surface area contributed by atoms with Crippen LogP contribution in [-0.2, 0) is 80.0 Å². The Balaban J connectivity index is 2.66. The number of hydrogen-bond acceptors (Lipinski definition) is 21. The number of carboxylic acids is 2. The number of aromatic nitrogens is 2. The highest BCUT2D eigenvalue weighted by Gasteiger charge is 2.38. The number of nitrogens with zero attached hydrogens (tertiary/aromatic N) is 3. The number of H-pyrrole nitrogens is 1. The third kappa shape index (κ3) is 35.7. The van der Waals surface area contributed by atoms with Crippen molar-refractivity contribution < 1.29 is 87.5 Å². The summed E-state index contributed by atoms with van der Waals surface area (Å²) >= 11 is 1.32. The molecule has 574 valence electrons. The molecule has 0 fully saturated rings. The van der Waals surface area contributed by atoms with Crippen molar-refractivity contribution in [3.05, 3.63) is 48.0 Å². The minimum atomic E-state index is -1.85. The average molecular weight is 1470 g/mol. The molecule has 0 spiro atoms. The van der Waals surface area contributed by atoms with Crippen LogP contribution >= 0.6 is 11.8 Å². The van der Waals surface area contributed by atoms with Crippen LogP contribution in [0.15, 0.2) is 46.8 Å². The Hall–Kier alpha value is -10.4. The van der Waals surface area contributed by atoms with E-state index in [1.165, 1.54) is 48.6 Å². The van der Waals surface area contributed by atoms with E-state index in [0.29, 0.717) is 11.4 Å². The van der Waals surface area contributed by atoms with E-state index in [1.807, 2.05) is 0 Å². The number of imidazole rings is 1. The van der Waals surface area contributed by atoms with Crippen molar-refractivity contribution in [3.8, 4) is 5.75 Å². The minimum Gasteiger partial charge on any atom is -0.508 e. The van der Waals surface area contributed by atoms with Gasteiger partial charge in [0.1, 0.15) is 66.2 Å². The van der Waals surface area contributed by atoms with Crippen molar-refractivity contribution in [1.82, 2.24) is 63.1 Å². The Morgan fingerprint density at radius 2 is 0.874 bits per heavy atom. The molecule has 29 N–H and O–H groups in total. The number of aliphatic hydroxyl groups is 1. The number of aliphatic imine (C=N–C) groups is 2. The van der Waals surface area contributed by atoms with Gasteiger partial charge in [0.25, 0.3) is 0 Å². The van der Waals surface area contributed by atoms with E-state index in [-0.39, 0.29) is 112 Å². The second-order valence-corrected chi connectivity index (χ2v) is 26.2. The average Bonchev–Trinajstić information content (AvgIpc) is 1.10. The number of hydrogen-bond donors (Lipinski definition) is 22. The van der Waals surface area contributed by atoms with Gasteiger partial charge < -0.3 is 119 Å². The molecule has 0 saturated carbocycles. The molecule has 0 unspecified atom stereocenters. The zero-order valence-electron chi connectivity index (χ0n) is 58.6. The molecule has 0 aliphatic rings. The lowest BCUT2D eigenvalue weighted by Crippen LogP contribution is -2.61. The maximum Gasteiger partial charge on any atom is 0.326 e. The Morgan fingerprint density at radius 1 is 0.485 bits per heavy atom. The van der Waals surface area contributed by atoms with Gasteiger partial charge in [0.2, 0.25) is 70.9 Å². The number of carbonyl (C=O) groups is 14. The molecule has 40 heteroatoms. The van der Waals surface area contributed by atoms with Crippen LogP contribution in [0.3, 0.4) is 0 Å². The number of thioether (sulfide) groups is 1. The Bertz CT molecular complexity index is 3220. The summed E-state index contributed by atoms with van der Waals surface area (Å²) in [6.45, 7) is 7.84. The van der Waals surface area contributed by atoms with Crippen LogP contribution in [0.2, 0.25) is 0 Å². The van der Waals surface area contributed by atoms with Gasteiger partial charge in [0, 0.05) is 57.1 Å². The van der Waals surface area contributed by atoms with Crippen LogP contribution in [0.4, 0.5) is 0 Å². The number of aliphatic hydroxyl groups excluding tert-OH is 1. The summed E-state index contributed by atoms with van der Waals surface area (Å²) in [4.78, 5) is 205. The van der Waals surface area contributed by atoms with E-state index < -0.39 is 187 Å². The maximum atomic E-state index is 14.7. The van der Waals surface area contributed by atoms with Gasteiger partial charge in [-0.05, 0) is 113 Å². The first kappa shape index (κ1) is 88.7. The predicted octanol–water partition coefficient (Wildman–Crippen LogP) is -6.11. The van der Waals surface area contributed by atoms with E-state index >= 15 is 0 Å². The molecule has 0 saturated heterocycles. The molecule has 103 heavy (non-hydrogen) atoms. The zero-order valence-corrected chi connectivity index (χ0v) is 59.4. The molecule has 2 aromatic rings. The number of guanidine groups is 2. The van der Waals surface area contributed by atoms with E-state index in [2.05, 4.69) is 73.1 Å². The molecular formula is C63H103N21O18S. The van der Waals surface area contributed by atoms with Crippen molar-refractivity contribution in [2.45, 2.75) is 203 Å². The fourth-order valence-corrected chi connectivity index (χ4v) is 10.4. The quantitative estimate of drug-likeness (QED) is 0.0167. The zero-order chi connectivity index (χ0) is 77.6.